The maximum atomic E-state index is 9.04. The fourth-order valence-electron chi connectivity index (χ4n) is 1.61. The molecule has 1 heterocycles. The molecule has 0 amide bonds. The highest BCUT2D eigenvalue weighted by atomic mass is 79.9. The number of aryl methyl sites for hydroxylation is 1. The zero-order chi connectivity index (χ0) is 13.0. The summed E-state index contributed by atoms with van der Waals surface area (Å²) in [4.78, 5) is 9.03. The van der Waals surface area contributed by atoms with Crippen LogP contribution in [-0.4, -0.2) is 36.7 Å². The zero-order valence-corrected chi connectivity index (χ0v) is 11.5. The van der Waals surface area contributed by atoms with Gasteiger partial charge in [-0.25, -0.2) is 0 Å². The van der Waals surface area contributed by atoms with E-state index >= 15 is 0 Å². The molecule has 0 saturated carbocycles. The van der Waals surface area contributed by atoms with Gasteiger partial charge in [-0.2, -0.15) is 0 Å². The molecule has 1 aliphatic heterocycles. The number of hydrogen-bond acceptors (Lipinski definition) is 5. The lowest BCUT2D eigenvalue weighted by Gasteiger charge is -2.16. The van der Waals surface area contributed by atoms with Crippen molar-refractivity contribution in [2.24, 2.45) is 10.1 Å². The van der Waals surface area contributed by atoms with Gasteiger partial charge in [0.05, 0.1) is 0 Å². The molecule has 0 bridgehead atoms. The Morgan fingerprint density at radius 1 is 1.50 bits per heavy atom. The highest BCUT2D eigenvalue weighted by Crippen LogP contribution is 2.18. The normalized spacial score (nSPS) is 15.7. The molecule has 0 aliphatic carbocycles. The summed E-state index contributed by atoms with van der Waals surface area (Å²) in [6, 6.07) is 5.80. The first-order chi connectivity index (χ1) is 8.72. The molecule has 0 unspecified atom stereocenters. The van der Waals surface area contributed by atoms with Crippen LogP contribution in [0.15, 0.2) is 32.8 Å². The van der Waals surface area contributed by atoms with Crippen molar-refractivity contribution in [3.05, 3.63) is 33.8 Å². The number of rotatable bonds is 3. The number of aliphatic hydroxyl groups excluding tert-OH is 1. The highest BCUT2D eigenvalue weighted by molar-refractivity contribution is 9.10. The Hall–Kier alpha value is -1.40. The summed E-state index contributed by atoms with van der Waals surface area (Å²) in [5, 5.41) is 12.9. The third-order valence-electron chi connectivity index (χ3n) is 2.45. The molecule has 0 spiro atoms. The van der Waals surface area contributed by atoms with E-state index in [-0.39, 0.29) is 6.73 Å². The predicted octanol–water partition coefficient (Wildman–Crippen LogP) is 1.86. The molecule has 6 heteroatoms. The second-order valence-electron chi connectivity index (χ2n) is 3.69. The van der Waals surface area contributed by atoms with E-state index in [2.05, 4.69) is 26.1 Å². The van der Waals surface area contributed by atoms with Crippen LogP contribution >= 0.6 is 15.9 Å². The quantitative estimate of drug-likeness (QED) is 0.866. The molecule has 1 aliphatic rings. The molecular formula is C12H13BrN2O3. The summed E-state index contributed by atoms with van der Waals surface area (Å²) in [5.41, 5.74) is 2.36. The van der Waals surface area contributed by atoms with Gasteiger partial charge in [0.25, 0.3) is 5.90 Å². The number of hydrogen-bond donors (Lipinski definition) is 1. The van der Waals surface area contributed by atoms with Crippen LogP contribution < -0.4 is 0 Å². The fraction of sp³-hybridized carbons (Fsp3) is 0.333. The summed E-state index contributed by atoms with van der Waals surface area (Å²) < 4.78 is 6.33. The number of oxime groups is 1. The van der Waals surface area contributed by atoms with Gasteiger partial charge in [-0.05, 0) is 29.8 Å². The Labute approximate surface area is 113 Å². The molecule has 1 aromatic carbocycles. The Balaban J connectivity index is 2.44. The van der Waals surface area contributed by atoms with Gasteiger partial charge in [-0.1, -0.05) is 22.0 Å². The van der Waals surface area contributed by atoms with Crippen molar-refractivity contribution in [2.75, 3.05) is 19.9 Å². The van der Waals surface area contributed by atoms with Gasteiger partial charge in [0.1, 0.15) is 19.0 Å². The van der Waals surface area contributed by atoms with Crippen LogP contribution in [0.25, 0.3) is 0 Å². The second-order valence-corrected chi connectivity index (χ2v) is 4.60. The number of benzene rings is 1. The van der Waals surface area contributed by atoms with E-state index in [0.29, 0.717) is 24.8 Å². The number of halogens is 1. The van der Waals surface area contributed by atoms with Gasteiger partial charge >= 0.3 is 0 Å². The maximum Gasteiger partial charge on any atom is 0.276 e. The van der Waals surface area contributed by atoms with Gasteiger partial charge in [-0.15, -0.1) is 0 Å². The summed E-state index contributed by atoms with van der Waals surface area (Å²) in [5.74, 6) is 0.302. The molecule has 5 nitrogen and oxygen atoms in total. The molecule has 1 N–H and O–H groups in total. The first-order valence-corrected chi connectivity index (χ1v) is 6.26. The average molecular weight is 313 g/mol. The Morgan fingerprint density at radius 3 is 3.00 bits per heavy atom. The van der Waals surface area contributed by atoms with Gasteiger partial charge in [0.15, 0.2) is 6.61 Å². The summed E-state index contributed by atoms with van der Waals surface area (Å²) >= 11 is 3.41. The van der Waals surface area contributed by atoms with Gasteiger partial charge < -0.3 is 14.7 Å². The molecule has 96 valence electrons. The lowest BCUT2D eigenvalue weighted by Crippen LogP contribution is -2.26. The number of nitrogens with zero attached hydrogens (tertiary/aromatic N) is 2. The molecule has 1 aromatic rings. The van der Waals surface area contributed by atoms with E-state index in [4.69, 9.17) is 14.7 Å². The van der Waals surface area contributed by atoms with Crippen molar-refractivity contribution in [1.82, 2.24) is 0 Å². The minimum atomic E-state index is -0.330. The zero-order valence-electron chi connectivity index (χ0n) is 9.89. The van der Waals surface area contributed by atoms with E-state index in [1.165, 1.54) is 0 Å². The number of aliphatic hydroxyl groups is 1. The lowest BCUT2D eigenvalue weighted by atomic mass is 10.0. The van der Waals surface area contributed by atoms with Gasteiger partial charge in [-0.3, -0.25) is 4.99 Å². The molecule has 0 fully saturated rings. The number of aliphatic imine (C=N–C) groups is 1. The first kappa shape index (κ1) is 13.0. The molecular weight excluding hydrogens is 300 g/mol. The lowest BCUT2D eigenvalue weighted by molar-refractivity contribution is 0.0676. The molecule has 18 heavy (non-hydrogen) atoms. The number of ether oxygens (including phenoxy) is 1. The van der Waals surface area contributed by atoms with Crippen molar-refractivity contribution in [3.8, 4) is 0 Å². The molecule has 0 radical (unpaired) electrons. The second kappa shape index (κ2) is 5.97. The predicted molar refractivity (Wildman–Crippen MR) is 71.8 cm³/mol. The summed E-state index contributed by atoms with van der Waals surface area (Å²) in [6.07, 6.45) is 0. The van der Waals surface area contributed by atoms with E-state index < -0.39 is 0 Å². The highest BCUT2D eigenvalue weighted by Gasteiger charge is 2.19. The van der Waals surface area contributed by atoms with Crippen molar-refractivity contribution in [3.63, 3.8) is 0 Å². The fourth-order valence-corrected chi connectivity index (χ4v) is 1.97. The van der Waals surface area contributed by atoms with Gasteiger partial charge in [0, 0.05) is 10.0 Å². The summed E-state index contributed by atoms with van der Waals surface area (Å²) in [6.45, 7) is 2.48. The van der Waals surface area contributed by atoms with Crippen LogP contribution in [0.3, 0.4) is 0 Å². The van der Waals surface area contributed by atoms with E-state index in [0.717, 1.165) is 15.6 Å². The molecule has 0 atom stereocenters. The van der Waals surface area contributed by atoms with Crippen molar-refractivity contribution in [1.29, 1.82) is 0 Å². The largest absolute Gasteiger partial charge is 0.470 e. The first-order valence-electron chi connectivity index (χ1n) is 5.47. The van der Waals surface area contributed by atoms with E-state index in [1.807, 2.05) is 25.1 Å². The minimum Gasteiger partial charge on any atom is -0.470 e. The van der Waals surface area contributed by atoms with Crippen LogP contribution in [0.1, 0.15) is 11.1 Å². The van der Waals surface area contributed by atoms with E-state index in [1.54, 1.807) is 0 Å². The summed E-state index contributed by atoms with van der Waals surface area (Å²) in [7, 11) is 0. The third kappa shape index (κ3) is 2.88. The maximum absolute atomic E-state index is 9.04. The Morgan fingerprint density at radius 2 is 2.33 bits per heavy atom. The van der Waals surface area contributed by atoms with Crippen molar-refractivity contribution >= 4 is 27.5 Å². The van der Waals surface area contributed by atoms with Crippen LogP contribution in [0, 0.1) is 6.92 Å². The van der Waals surface area contributed by atoms with Gasteiger partial charge in [0.2, 0.25) is 0 Å². The monoisotopic (exact) mass is 312 g/mol. The van der Waals surface area contributed by atoms with Crippen LogP contribution in [0.5, 0.6) is 0 Å². The average Bonchev–Trinajstić information content (AvgIpc) is 2.40. The minimum absolute atomic E-state index is 0.302. The molecule has 0 aromatic heterocycles. The standard InChI is InChI=1S/C12H13BrN2O3/c1-8-2-3-9(13)6-10(8)11(14-7-16)12-15-18-5-4-17-12/h2-3,6,16H,4-5,7H2,1H3. The van der Waals surface area contributed by atoms with Crippen LogP contribution in [0.2, 0.25) is 0 Å². The van der Waals surface area contributed by atoms with Crippen LogP contribution in [-0.2, 0) is 9.57 Å². The Bertz CT molecular complexity index is 500. The van der Waals surface area contributed by atoms with Crippen LogP contribution in [0.4, 0.5) is 0 Å². The Kier molecular flexibility index (Phi) is 4.33. The topological polar surface area (TPSA) is 63.4 Å². The third-order valence-corrected chi connectivity index (χ3v) is 2.94. The van der Waals surface area contributed by atoms with E-state index in [9.17, 15) is 0 Å². The smallest absolute Gasteiger partial charge is 0.276 e. The van der Waals surface area contributed by atoms with Crippen molar-refractivity contribution in [2.45, 2.75) is 6.92 Å². The molecule has 2 rings (SSSR count). The molecule has 0 saturated heterocycles. The van der Waals surface area contributed by atoms with Crippen molar-refractivity contribution < 1.29 is 14.7 Å². The SMILES string of the molecule is Cc1ccc(Br)cc1C(=NCO)C1=NOCCO1.